The van der Waals surface area contributed by atoms with E-state index in [1.807, 2.05) is 37.3 Å². The summed E-state index contributed by atoms with van der Waals surface area (Å²) in [4.78, 5) is 28.9. The van der Waals surface area contributed by atoms with Crippen molar-refractivity contribution in [2.75, 3.05) is 13.7 Å². The summed E-state index contributed by atoms with van der Waals surface area (Å²) >= 11 is 0. The predicted octanol–water partition coefficient (Wildman–Crippen LogP) is 8.45. The summed E-state index contributed by atoms with van der Waals surface area (Å²) in [5, 5.41) is 31.6. The molecule has 10 heteroatoms. The molecular formula is C55H76MgN4O5-2. The fourth-order valence-electron chi connectivity index (χ4n) is 10.5. The van der Waals surface area contributed by atoms with Crippen LogP contribution in [0, 0.1) is 56.3 Å². The summed E-state index contributed by atoms with van der Waals surface area (Å²) in [7, 11) is 1.43. The molecule has 1 fully saturated rings. The maximum atomic E-state index is 13.4. The molecule has 6 rings (SSSR count). The van der Waals surface area contributed by atoms with Gasteiger partial charge in [0.05, 0.1) is 5.92 Å². The summed E-state index contributed by atoms with van der Waals surface area (Å²) in [5.74, 6) is 0.965. The van der Waals surface area contributed by atoms with Crippen molar-refractivity contribution < 1.29 is 24.5 Å². The molecule has 2 aliphatic heterocycles. The Bertz CT molecular complexity index is 2460. The minimum Gasteiger partial charge on any atom is -0.681 e. The Kier molecular flexibility index (Phi) is 18.8. The minimum absolute atomic E-state index is 0. The summed E-state index contributed by atoms with van der Waals surface area (Å²) in [6.45, 7) is 26.3. The standard InChI is InChI=1S/C55H76N4O5.Mg/c1-13-39-35(8)42-28-44-37(10)41(24-25-48(60)64-27-26-34(7)23-17-22-33(6)21-16-20-32(5)19-15-18-31(3)4)52(58-44)50-51(55(62)63-12)54(61)49-38(11)45(59-53(49)50)30-47-40(14-2)36(9)43(57-47)29-46(39)56-42;/h13,26,28-33,37,41,51-52,55,61-62H,1,14-25,27H2,2-12H3;/q-4;+2/b34-26+,43-29-,44-28-,47-30-;/t32-,33-,37+,41+,51-,52?,55?;/m1./s1. The van der Waals surface area contributed by atoms with Crippen LogP contribution in [0.15, 0.2) is 23.9 Å². The summed E-state index contributed by atoms with van der Waals surface area (Å²) in [6.07, 6.45) is 21.5. The van der Waals surface area contributed by atoms with E-state index in [0.717, 1.165) is 92.6 Å². The zero-order chi connectivity index (χ0) is 46.4. The third-order valence-electron chi connectivity index (χ3n) is 14.6. The average Bonchev–Trinajstić information content (AvgIpc) is 3.99. The molecule has 3 aromatic rings. The van der Waals surface area contributed by atoms with E-state index in [-0.39, 0.29) is 59.6 Å². The minimum atomic E-state index is -1.33. The summed E-state index contributed by atoms with van der Waals surface area (Å²) in [5.41, 5.74) is 10.0. The van der Waals surface area contributed by atoms with Crippen LogP contribution < -0.4 is 36.2 Å². The van der Waals surface area contributed by atoms with E-state index in [1.54, 1.807) is 0 Å². The van der Waals surface area contributed by atoms with Crippen molar-refractivity contribution in [1.29, 1.82) is 0 Å². The molecule has 350 valence electrons. The number of carbonyl (C=O) groups excluding carboxylic acids is 1. The molecule has 0 amide bonds. The fraction of sp³-hybridized carbons (Fsp3) is 0.582. The van der Waals surface area contributed by atoms with E-state index in [9.17, 15) is 15.0 Å². The van der Waals surface area contributed by atoms with Crippen molar-refractivity contribution in [2.24, 2.45) is 35.5 Å². The van der Waals surface area contributed by atoms with Crippen molar-refractivity contribution in [2.45, 2.75) is 159 Å². The van der Waals surface area contributed by atoms with Gasteiger partial charge in [0.2, 0.25) is 0 Å². The van der Waals surface area contributed by atoms with Crippen molar-refractivity contribution in [1.82, 2.24) is 15.0 Å². The molecule has 8 bridgehead atoms. The maximum Gasteiger partial charge on any atom is 2.00 e. The molecule has 0 aromatic carbocycles. The topological polar surface area (TPSA) is 132 Å². The van der Waals surface area contributed by atoms with Crippen molar-refractivity contribution in [3.05, 3.63) is 95.4 Å². The molecule has 7 atom stereocenters. The van der Waals surface area contributed by atoms with Gasteiger partial charge in [-0.25, -0.2) is 0 Å². The van der Waals surface area contributed by atoms with Gasteiger partial charge in [-0.1, -0.05) is 157 Å². The number of aromatic nitrogens is 3. The molecule has 2 unspecified atom stereocenters. The number of esters is 1. The van der Waals surface area contributed by atoms with E-state index in [0.29, 0.717) is 28.3 Å². The van der Waals surface area contributed by atoms with Gasteiger partial charge >= 0.3 is 29.0 Å². The third-order valence-corrected chi connectivity index (χ3v) is 14.6. The van der Waals surface area contributed by atoms with Crippen LogP contribution in [0.3, 0.4) is 0 Å². The Morgan fingerprint density at radius 3 is 2.15 bits per heavy atom. The van der Waals surface area contributed by atoms with E-state index in [4.69, 9.17) is 29.7 Å². The molecule has 0 saturated carbocycles. The van der Waals surface area contributed by atoms with Crippen molar-refractivity contribution in [3.8, 4) is 0 Å². The van der Waals surface area contributed by atoms with Crippen LogP contribution in [-0.2, 0) is 20.7 Å². The van der Waals surface area contributed by atoms with Crippen LogP contribution in [0.1, 0.15) is 164 Å². The van der Waals surface area contributed by atoms with Gasteiger partial charge in [0.25, 0.3) is 0 Å². The average molecular weight is 898 g/mol. The molecule has 65 heavy (non-hydrogen) atoms. The number of rotatable bonds is 21. The summed E-state index contributed by atoms with van der Waals surface area (Å²) in [6, 6.07) is -0.512. The van der Waals surface area contributed by atoms with Gasteiger partial charge in [0.15, 0.2) is 6.29 Å². The molecule has 1 saturated heterocycles. The molecule has 3 aromatic heterocycles. The number of carbonyl (C=O) groups is 1. The van der Waals surface area contributed by atoms with Crippen LogP contribution in [0.2, 0.25) is 0 Å². The smallest absolute Gasteiger partial charge is 0.681 e. The Morgan fingerprint density at radius 2 is 1.51 bits per heavy atom. The van der Waals surface area contributed by atoms with Crippen molar-refractivity contribution in [3.63, 3.8) is 0 Å². The molecule has 0 spiro atoms. The van der Waals surface area contributed by atoms with E-state index < -0.39 is 18.2 Å². The van der Waals surface area contributed by atoms with E-state index in [2.05, 4.69) is 68.9 Å². The second-order valence-corrected chi connectivity index (χ2v) is 19.8. The number of methoxy groups -OCH3 is 1. The molecule has 1 aliphatic carbocycles. The van der Waals surface area contributed by atoms with Gasteiger partial charge < -0.3 is 40.0 Å². The van der Waals surface area contributed by atoms with E-state index >= 15 is 0 Å². The monoisotopic (exact) mass is 897 g/mol. The number of aliphatic hydroxyl groups is 2. The first-order valence-corrected chi connectivity index (χ1v) is 24.3. The molecule has 3 aliphatic rings. The summed E-state index contributed by atoms with van der Waals surface area (Å²) < 4.78 is 11.3. The predicted molar refractivity (Wildman–Crippen MR) is 267 cm³/mol. The first-order chi connectivity index (χ1) is 30.6. The first kappa shape index (κ1) is 52.3. The normalized spacial score (nSPS) is 22.3. The Hall–Kier alpha value is -3.70. The van der Waals surface area contributed by atoms with E-state index in [1.165, 1.54) is 57.6 Å². The molecule has 2 N–H and O–H groups in total. The van der Waals surface area contributed by atoms with Gasteiger partial charge in [-0.15, -0.1) is 33.1 Å². The first-order valence-electron chi connectivity index (χ1n) is 24.3. The number of hydrogen-bond donors (Lipinski definition) is 2. The number of hydrogen-bond acceptors (Lipinski definition) is 5. The molecular weight excluding hydrogens is 821 g/mol. The second-order valence-electron chi connectivity index (χ2n) is 19.8. The zero-order valence-electron chi connectivity index (χ0n) is 41.5. The number of ether oxygens (including phenoxy) is 2. The fourth-order valence-corrected chi connectivity index (χ4v) is 10.5. The third kappa shape index (κ3) is 11.9. The van der Waals surface area contributed by atoms with Crippen LogP contribution in [-0.4, -0.2) is 65.3 Å². The zero-order valence-corrected chi connectivity index (χ0v) is 42.9. The second kappa shape index (κ2) is 23.3. The number of allylic oxidation sites excluding steroid dienone is 2. The Labute approximate surface area is 405 Å². The molecule has 5 heterocycles. The van der Waals surface area contributed by atoms with Gasteiger partial charge in [-0.3, -0.25) is 4.79 Å². The van der Waals surface area contributed by atoms with Crippen LogP contribution >= 0.6 is 0 Å². The quantitative estimate of drug-likeness (QED) is 0.0472. The molecule has 0 radical (unpaired) electrons. The SMILES string of the molecule is C=Cc1c2[n-]c(c1C)/C=C1\[N-]C(C3=c4[n-]c(c(C)c4=C(O)[C@@H]3C(O)OC)/C=c3\[n-]/c(c(C)c3CC)=C\2)[C@@H](CCC(=O)OC/C=C(\C)CCC[C@H](C)CCC[C@H](C)CCCC(C)C)[C@@H]1C.[Mg+2]. The van der Waals surface area contributed by atoms with Gasteiger partial charge in [0.1, 0.15) is 12.4 Å². The number of nitrogens with zero attached hydrogens (tertiary/aromatic N) is 4. The van der Waals surface area contributed by atoms with Gasteiger partial charge in [-0.2, -0.15) is 5.70 Å². The number of fused-ring (bicyclic) bond motifs is 8. The van der Waals surface area contributed by atoms with Crippen LogP contribution in [0.5, 0.6) is 0 Å². The van der Waals surface area contributed by atoms with Crippen LogP contribution in [0.25, 0.3) is 41.0 Å². The maximum absolute atomic E-state index is 13.4. The van der Waals surface area contributed by atoms with Crippen LogP contribution in [0.4, 0.5) is 0 Å². The van der Waals surface area contributed by atoms with Gasteiger partial charge in [-0.05, 0) is 99.8 Å². The van der Waals surface area contributed by atoms with Gasteiger partial charge in [0, 0.05) is 13.5 Å². The Balaban J connectivity index is 0.00000793. The largest absolute Gasteiger partial charge is 2.00 e. The Morgan fingerprint density at radius 1 is 0.862 bits per heavy atom. The molecule has 9 nitrogen and oxygen atoms in total. The number of aliphatic hydroxyl groups excluding tert-OH is 2. The van der Waals surface area contributed by atoms with Crippen molar-refractivity contribution >= 4 is 64.7 Å².